The van der Waals surface area contributed by atoms with Crippen molar-refractivity contribution in [3.8, 4) is 0 Å². The van der Waals surface area contributed by atoms with E-state index in [-0.39, 0.29) is 11.8 Å². The maximum Gasteiger partial charge on any atom is 0.323 e. The lowest BCUT2D eigenvalue weighted by atomic mass is 10.1. The van der Waals surface area contributed by atoms with Crippen molar-refractivity contribution >= 4 is 33.1 Å². The van der Waals surface area contributed by atoms with Crippen LogP contribution in [0.15, 0.2) is 36.4 Å². The number of aryl methyl sites for hydroxylation is 3. The summed E-state index contributed by atoms with van der Waals surface area (Å²) < 4.78 is 25.6. The number of nitrogens with zero attached hydrogens (tertiary/aromatic N) is 1. The van der Waals surface area contributed by atoms with E-state index in [1.54, 1.807) is 12.1 Å². The van der Waals surface area contributed by atoms with Crippen molar-refractivity contribution in [2.45, 2.75) is 27.2 Å². The van der Waals surface area contributed by atoms with Crippen LogP contribution in [0.3, 0.4) is 0 Å². The first-order chi connectivity index (χ1) is 12.3. The first-order valence-corrected chi connectivity index (χ1v) is 10.1. The minimum absolute atomic E-state index is 0.164. The Kier molecular flexibility index (Phi) is 4.91. The van der Waals surface area contributed by atoms with E-state index in [1.165, 1.54) is 4.31 Å². The van der Waals surface area contributed by atoms with Gasteiger partial charge in [0, 0.05) is 17.9 Å². The standard InChI is InChI=1S/C19H23N3O3S/c1-13-5-7-16(11-15(13)3)20-19(23)21-18-12-17(8-6-14(18)2)22-9-4-10-26(22,24)25/h5-8,11-12H,4,9-10H2,1-3H3,(H2,20,21,23). The molecule has 0 unspecified atom stereocenters. The first kappa shape index (κ1) is 18.3. The molecule has 0 aromatic heterocycles. The molecule has 3 rings (SSSR count). The third-order valence-electron chi connectivity index (χ3n) is 4.62. The zero-order valence-corrected chi connectivity index (χ0v) is 16.0. The lowest BCUT2D eigenvalue weighted by Gasteiger charge is -2.19. The quantitative estimate of drug-likeness (QED) is 0.859. The zero-order chi connectivity index (χ0) is 18.9. The van der Waals surface area contributed by atoms with Crippen molar-refractivity contribution in [2.75, 3.05) is 27.2 Å². The summed E-state index contributed by atoms with van der Waals surface area (Å²) >= 11 is 0. The predicted octanol–water partition coefficient (Wildman–Crippen LogP) is 3.80. The number of hydrogen-bond acceptors (Lipinski definition) is 3. The Morgan fingerprint density at radius 3 is 2.35 bits per heavy atom. The fraction of sp³-hybridized carbons (Fsp3) is 0.316. The molecule has 0 bridgehead atoms. The van der Waals surface area contributed by atoms with Gasteiger partial charge in [-0.2, -0.15) is 0 Å². The van der Waals surface area contributed by atoms with Gasteiger partial charge >= 0.3 is 6.03 Å². The van der Waals surface area contributed by atoms with Crippen LogP contribution in [0.2, 0.25) is 0 Å². The number of urea groups is 1. The number of benzene rings is 2. The summed E-state index contributed by atoms with van der Waals surface area (Å²) in [5.41, 5.74) is 4.99. The summed E-state index contributed by atoms with van der Waals surface area (Å²) in [6.45, 7) is 6.34. The first-order valence-electron chi connectivity index (χ1n) is 8.52. The summed E-state index contributed by atoms with van der Waals surface area (Å²) in [5.74, 6) is 0.164. The topological polar surface area (TPSA) is 78.5 Å². The Labute approximate surface area is 154 Å². The Morgan fingerprint density at radius 1 is 0.962 bits per heavy atom. The largest absolute Gasteiger partial charge is 0.323 e. The number of anilines is 3. The lowest BCUT2D eigenvalue weighted by Crippen LogP contribution is -2.25. The lowest BCUT2D eigenvalue weighted by molar-refractivity contribution is 0.262. The molecule has 0 radical (unpaired) electrons. The highest BCUT2D eigenvalue weighted by Gasteiger charge is 2.28. The van der Waals surface area contributed by atoms with Crippen LogP contribution in [-0.2, 0) is 10.0 Å². The van der Waals surface area contributed by atoms with Gasteiger partial charge in [0.2, 0.25) is 10.0 Å². The number of amides is 2. The molecule has 2 aromatic carbocycles. The third-order valence-corrected chi connectivity index (χ3v) is 6.49. The second kappa shape index (κ2) is 6.99. The van der Waals surface area contributed by atoms with Gasteiger partial charge < -0.3 is 10.6 Å². The Bertz CT molecular complexity index is 954. The van der Waals surface area contributed by atoms with E-state index in [4.69, 9.17) is 0 Å². The van der Waals surface area contributed by atoms with E-state index in [2.05, 4.69) is 10.6 Å². The molecule has 1 fully saturated rings. The highest BCUT2D eigenvalue weighted by Crippen LogP contribution is 2.28. The molecule has 7 heteroatoms. The van der Waals surface area contributed by atoms with Gasteiger partial charge in [0.05, 0.1) is 11.4 Å². The van der Waals surface area contributed by atoms with Crippen molar-refractivity contribution in [3.63, 3.8) is 0 Å². The fourth-order valence-corrected chi connectivity index (χ4v) is 4.49. The van der Waals surface area contributed by atoms with Crippen LogP contribution in [0.25, 0.3) is 0 Å². The van der Waals surface area contributed by atoms with E-state index in [9.17, 15) is 13.2 Å². The smallest absolute Gasteiger partial charge is 0.308 e. The van der Waals surface area contributed by atoms with Gasteiger partial charge in [-0.1, -0.05) is 12.1 Å². The molecule has 2 aromatic rings. The average Bonchev–Trinajstić information content (AvgIpc) is 2.92. The Morgan fingerprint density at radius 2 is 1.69 bits per heavy atom. The number of sulfonamides is 1. The van der Waals surface area contributed by atoms with Gasteiger partial charge in [0.15, 0.2) is 0 Å². The molecule has 1 aliphatic rings. The highest BCUT2D eigenvalue weighted by molar-refractivity contribution is 7.93. The molecule has 1 aliphatic heterocycles. The number of hydrogen-bond donors (Lipinski definition) is 2. The van der Waals surface area contributed by atoms with Crippen LogP contribution in [0, 0.1) is 20.8 Å². The van der Waals surface area contributed by atoms with Crippen LogP contribution < -0.4 is 14.9 Å². The molecule has 0 aliphatic carbocycles. The van der Waals surface area contributed by atoms with E-state index < -0.39 is 10.0 Å². The molecule has 6 nitrogen and oxygen atoms in total. The zero-order valence-electron chi connectivity index (χ0n) is 15.2. The van der Waals surface area contributed by atoms with Gasteiger partial charge in [0.25, 0.3) is 0 Å². The number of rotatable bonds is 3. The average molecular weight is 373 g/mol. The van der Waals surface area contributed by atoms with E-state index >= 15 is 0 Å². The maximum atomic E-state index is 12.3. The molecular formula is C19H23N3O3S. The summed E-state index contributed by atoms with van der Waals surface area (Å²) in [5, 5.41) is 5.62. The summed E-state index contributed by atoms with van der Waals surface area (Å²) in [7, 11) is -3.25. The van der Waals surface area contributed by atoms with Gasteiger partial charge in [-0.15, -0.1) is 0 Å². The van der Waals surface area contributed by atoms with Crippen molar-refractivity contribution in [1.82, 2.24) is 0 Å². The van der Waals surface area contributed by atoms with Gasteiger partial charge in [-0.3, -0.25) is 4.31 Å². The molecule has 2 N–H and O–H groups in total. The molecule has 0 spiro atoms. The van der Waals surface area contributed by atoms with Crippen LogP contribution in [-0.4, -0.2) is 26.7 Å². The van der Waals surface area contributed by atoms with Crippen LogP contribution in [0.5, 0.6) is 0 Å². The fourth-order valence-electron chi connectivity index (χ4n) is 2.93. The number of carbonyl (C=O) groups excluding carboxylic acids is 1. The molecule has 1 heterocycles. The summed E-state index contributed by atoms with van der Waals surface area (Å²) in [6, 6.07) is 10.6. The van der Waals surface area contributed by atoms with E-state index in [1.807, 2.05) is 45.0 Å². The van der Waals surface area contributed by atoms with Gasteiger partial charge in [0.1, 0.15) is 0 Å². The third kappa shape index (κ3) is 3.83. The molecule has 138 valence electrons. The molecule has 1 saturated heterocycles. The SMILES string of the molecule is Cc1ccc(NC(=O)Nc2cc(N3CCCS3(=O)=O)ccc2C)cc1C. The van der Waals surface area contributed by atoms with E-state index in [0.717, 1.165) is 16.7 Å². The molecule has 2 amide bonds. The second-order valence-corrected chi connectivity index (χ2v) is 8.63. The van der Waals surface area contributed by atoms with Gasteiger partial charge in [-0.05, 0) is 68.1 Å². The number of carbonyl (C=O) groups is 1. The minimum atomic E-state index is -3.25. The van der Waals surface area contributed by atoms with Crippen molar-refractivity contribution in [2.24, 2.45) is 0 Å². The minimum Gasteiger partial charge on any atom is -0.308 e. The summed E-state index contributed by atoms with van der Waals surface area (Å²) in [6.07, 6.45) is 0.617. The van der Waals surface area contributed by atoms with Crippen molar-refractivity contribution in [1.29, 1.82) is 0 Å². The predicted molar refractivity (Wildman–Crippen MR) is 105 cm³/mol. The van der Waals surface area contributed by atoms with Gasteiger partial charge in [-0.25, -0.2) is 13.2 Å². The highest BCUT2D eigenvalue weighted by atomic mass is 32.2. The normalized spacial score (nSPS) is 15.7. The van der Waals surface area contributed by atoms with E-state index in [0.29, 0.717) is 30.0 Å². The molecule has 0 atom stereocenters. The maximum absolute atomic E-state index is 12.3. The monoisotopic (exact) mass is 373 g/mol. The van der Waals surface area contributed by atoms with Crippen molar-refractivity contribution < 1.29 is 13.2 Å². The van der Waals surface area contributed by atoms with Crippen LogP contribution >= 0.6 is 0 Å². The summed E-state index contributed by atoms with van der Waals surface area (Å²) in [4.78, 5) is 12.3. The number of nitrogens with one attached hydrogen (secondary N) is 2. The van der Waals surface area contributed by atoms with Crippen molar-refractivity contribution in [3.05, 3.63) is 53.1 Å². The van der Waals surface area contributed by atoms with Crippen LogP contribution in [0.1, 0.15) is 23.1 Å². The Hall–Kier alpha value is -2.54. The second-order valence-electron chi connectivity index (χ2n) is 6.62. The molecule has 26 heavy (non-hydrogen) atoms. The molecular weight excluding hydrogens is 350 g/mol. The Balaban J connectivity index is 1.77. The van der Waals surface area contributed by atoms with Crippen LogP contribution in [0.4, 0.5) is 21.9 Å². The molecule has 0 saturated carbocycles.